The molecule has 1 aromatic rings. The van der Waals surface area contributed by atoms with Crippen LogP contribution in [0.4, 0.5) is 0 Å². The van der Waals surface area contributed by atoms with E-state index in [1.54, 1.807) is 20.5 Å². The normalized spacial score (nSPS) is 18.9. The first-order valence-electron chi connectivity index (χ1n) is 12.3. The van der Waals surface area contributed by atoms with Gasteiger partial charge >= 0.3 is 0 Å². The zero-order valence-corrected chi connectivity index (χ0v) is 21.8. The van der Waals surface area contributed by atoms with E-state index in [9.17, 15) is 4.79 Å². The van der Waals surface area contributed by atoms with Crippen LogP contribution in [0, 0.1) is 0 Å². The molecule has 1 aliphatic heterocycles. The molecule has 1 aromatic carbocycles. The van der Waals surface area contributed by atoms with Gasteiger partial charge in [0, 0.05) is 7.05 Å². The standard InChI is InChI=1S/C28H40N4O4/c1-6-7-11-24(15-14-22(2)34-5)28(23-12-9-8-10-13-23)35-19-25-16-17-27(36-25)32(20-29-3)21-31-18-26(33)30-4/h8-15,21,25,27-28H,2-3,6-7,16-20H2,1,4-5H3,(H,30,33)/b15-14-,24-11+,31-21?/t25?,27-,28?/m1/s1. The van der Waals surface area contributed by atoms with E-state index in [1.165, 1.54) is 0 Å². The number of methoxy groups -OCH3 is 1. The van der Waals surface area contributed by atoms with Crippen molar-refractivity contribution in [2.45, 2.75) is 51.0 Å². The number of benzene rings is 1. The van der Waals surface area contributed by atoms with Crippen molar-refractivity contribution in [3.05, 3.63) is 72.0 Å². The van der Waals surface area contributed by atoms with Gasteiger partial charge < -0.3 is 24.4 Å². The second kappa shape index (κ2) is 16.4. The molecule has 0 aromatic heterocycles. The van der Waals surface area contributed by atoms with Gasteiger partial charge in [0.05, 0.1) is 26.2 Å². The van der Waals surface area contributed by atoms with Crippen LogP contribution in [0.2, 0.25) is 0 Å². The molecule has 0 aliphatic carbocycles. The van der Waals surface area contributed by atoms with Crippen LogP contribution in [0.3, 0.4) is 0 Å². The molecule has 8 heteroatoms. The Morgan fingerprint density at radius 1 is 1.31 bits per heavy atom. The van der Waals surface area contributed by atoms with Crippen molar-refractivity contribution in [1.29, 1.82) is 0 Å². The summed E-state index contributed by atoms with van der Waals surface area (Å²) in [6, 6.07) is 10.2. The molecule has 2 unspecified atom stereocenters. The lowest BCUT2D eigenvalue weighted by atomic mass is 9.99. The molecule has 1 heterocycles. The van der Waals surface area contributed by atoms with E-state index in [0.29, 0.717) is 19.0 Å². The molecule has 0 saturated carbocycles. The fourth-order valence-electron chi connectivity index (χ4n) is 3.73. The highest BCUT2D eigenvalue weighted by molar-refractivity contribution is 5.79. The summed E-state index contributed by atoms with van der Waals surface area (Å²) < 4.78 is 18.0. The van der Waals surface area contributed by atoms with Crippen LogP contribution in [-0.4, -0.2) is 70.2 Å². The molecule has 0 radical (unpaired) electrons. The monoisotopic (exact) mass is 496 g/mol. The molecular formula is C28H40N4O4. The lowest BCUT2D eigenvalue weighted by Gasteiger charge is -2.26. The van der Waals surface area contributed by atoms with Crippen molar-refractivity contribution < 1.29 is 19.0 Å². The van der Waals surface area contributed by atoms with Crippen LogP contribution in [0.25, 0.3) is 0 Å². The van der Waals surface area contributed by atoms with Gasteiger partial charge in [0.1, 0.15) is 31.3 Å². The number of ether oxygens (including phenoxy) is 3. The average molecular weight is 497 g/mol. The van der Waals surface area contributed by atoms with Gasteiger partial charge in [-0.2, -0.15) is 0 Å². The number of carbonyl (C=O) groups is 1. The SMILES string of the molecule is C=NCN(C=NCC(=O)NC)[C@H]1CCC(COC(C(/C=C\C(=C)OC)=C/CCC)c2ccccc2)O1. The van der Waals surface area contributed by atoms with E-state index in [-0.39, 0.29) is 30.9 Å². The summed E-state index contributed by atoms with van der Waals surface area (Å²) in [6.45, 7) is 10.5. The summed E-state index contributed by atoms with van der Waals surface area (Å²) in [6.07, 6.45) is 10.8. The number of unbranched alkanes of at least 4 members (excludes halogenated alkanes) is 1. The first-order chi connectivity index (χ1) is 17.5. The van der Waals surface area contributed by atoms with Gasteiger partial charge in [-0.3, -0.25) is 14.8 Å². The lowest BCUT2D eigenvalue weighted by molar-refractivity contribution is -0.119. The zero-order chi connectivity index (χ0) is 26.2. The predicted octanol–water partition coefficient (Wildman–Crippen LogP) is 4.43. The maximum absolute atomic E-state index is 11.5. The molecule has 0 spiro atoms. The van der Waals surface area contributed by atoms with E-state index in [0.717, 1.165) is 36.8 Å². The van der Waals surface area contributed by atoms with E-state index in [1.807, 2.05) is 35.3 Å². The maximum atomic E-state index is 11.5. The number of allylic oxidation sites excluding steroid dienone is 2. The minimum atomic E-state index is -0.249. The Bertz CT molecular complexity index is 913. The summed E-state index contributed by atoms with van der Waals surface area (Å²) in [5.41, 5.74) is 2.12. The Morgan fingerprint density at radius 2 is 2.08 bits per heavy atom. The Labute approximate surface area is 215 Å². The Hall–Kier alpha value is -3.23. The predicted molar refractivity (Wildman–Crippen MR) is 145 cm³/mol. The fourth-order valence-corrected chi connectivity index (χ4v) is 3.73. The zero-order valence-electron chi connectivity index (χ0n) is 21.8. The number of aliphatic imine (C=N–C) groups is 2. The van der Waals surface area contributed by atoms with E-state index in [2.05, 4.69) is 53.7 Å². The third-order valence-corrected chi connectivity index (χ3v) is 5.71. The highest BCUT2D eigenvalue weighted by Gasteiger charge is 2.30. The van der Waals surface area contributed by atoms with Crippen molar-refractivity contribution >= 4 is 19.0 Å². The van der Waals surface area contributed by atoms with Crippen molar-refractivity contribution in [1.82, 2.24) is 10.2 Å². The van der Waals surface area contributed by atoms with Crippen LogP contribution in [0.1, 0.15) is 44.3 Å². The van der Waals surface area contributed by atoms with Gasteiger partial charge in [-0.1, -0.05) is 62.4 Å². The average Bonchev–Trinajstić information content (AvgIpc) is 3.38. The van der Waals surface area contributed by atoms with Gasteiger partial charge in [-0.15, -0.1) is 0 Å². The highest BCUT2D eigenvalue weighted by Crippen LogP contribution is 2.30. The second-order valence-corrected chi connectivity index (χ2v) is 8.42. The van der Waals surface area contributed by atoms with Crippen LogP contribution in [0.5, 0.6) is 0 Å². The topological polar surface area (TPSA) is 84.8 Å². The van der Waals surface area contributed by atoms with E-state index in [4.69, 9.17) is 14.2 Å². The Morgan fingerprint density at radius 3 is 2.75 bits per heavy atom. The molecule has 0 bridgehead atoms. The smallest absolute Gasteiger partial charge is 0.241 e. The van der Waals surface area contributed by atoms with Gasteiger partial charge in [0.15, 0.2) is 0 Å². The van der Waals surface area contributed by atoms with Crippen LogP contribution in [-0.2, 0) is 19.0 Å². The first kappa shape index (κ1) is 29.0. The molecule has 196 valence electrons. The molecular weight excluding hydrogens is 456 g/mol. The summed E-state index contributed by atoms with van der Waals surface area (Å²) in [7, 11) is 3.19. The summed E-state index contributed by atoms with van der Waals surface area (Å²) in [4.78, 5) is 21.5. The summed E-state index contributed by atoms with van der Waals surface area (Å²) in [5, 5.41) is 2.55. The van der Waals surface area contributed by atoms with Gasteiger partial charge in [0.25, 0.3) is 0 Å². The molecule has 8 nitrogen and oxygen atoms in total. The minimum absolute atomic E-state index is 0.0536. The van der Waals surface area contributed by atoms with Crippen LogP contribution in [0.15, 0.2) is 76.5 Å². The number of rotatable bonds is 16. The molecule has 1 saturated heterocycles. The maximum Gasteiger partial charge on any atom is 0.241 e. The number of likely N-dealkylation sites (N-methyl/N-ethyl adjacent to an activating group) is 1. The van der Waals surface area contributed by atoms with Gasteiger partial charge in [0.2, 0.25) is 5.91 Å². The van der Waals surface area contributed by atoms with Crippen molar-refractivity contribution in [2.24, 2.45) is 9.98 Å². The van der Waals surface area contributed by atoms with Crippen molar-refractivity contribution in [2.75, 3.05) is 34.0 Å². The molecule has 2 rings (SSSR count). The van der Waals surface area contributed by atoms with Crippen LogP contribution >= 0.6 is 0 Å². The fraction of sp³-hybridized carbons (Fsp3) is 0.464. The largest absolute Gasteiger partial charge is 0.497 e. The summed E-state index contributed by atoms with van der Waals surface area (Å²) >= 11 is 0. The molecule has 3 atom stereocenters. The molecule has 36 heavy (non-hydrogen) atoms. The number of carbonyl (C=O) groups excluding carboxylic acids is 1. The van der Waals surface area contributed by atoms with Crippen molar-refractivity contribution in [3.63, 3.8) is 0 Å². The first-order valence-corrected chi connectivity index (χ1v) is 12.3. The van der Waals surface area contributed by atoms with Gasteiger partial charge in [-0.25, -0.2) is 0 Å². The minimum Gasteiger partial charge on any atom is -0.497 e. The number of amides is 1. The number of nitrogens with one attached hydrogen (secondary N) is 1. The van der Waals surface area contributed by atoms with Crippen LogP contribution < -0.4 is 5.32 Å². The lowest BCUT2D eigenvalue weighted by Crippen LogP contribution is -2.35. The number of nitrogens with zero attached hydrogens (tertiary/aromatic N) is 3. The third kappa shape index (κ3) is 9.79. The Kier molecular flexibility index (Phi) is 13.2. The van der Waals surface area contributed by atoms with E-state index < -0.39 is 0 Å². The van der Waals surface area contributed by atoms with Gasteiger partial charge in [-0.05, 0) is 43.2 Å². The van der Waals surface area contributed by atoms with Crippen molar-refractivity contribution in [3.8, 4) is 0 Å². The highest BCUT2D eigenvalue weighted by atomic mass is 16.6. The molecule has 1 fully saturated rings. The molecule has 1 aliphatic rings. The number of hydrogen-bond donors (Lipinski definition) is 1. The molecule has 1 amide bonds. The third-order valence-electron chi connectivity index (χ3n) is 5.71. The number of hydrogen-bond acceptors (Lipinski definition) is 6. The second-order valence-electron chi connectivity index (χ2n) is 8.42. The van der Waals surface area contributed by atoms with E-state index >= 15 is 0 Å². The summed E-state index contributed by atoms with van der Waals surface area (Å²) in [5.74, 6) is 0.429. The Balaban J connectivity index is 2.11. The molecule has 1 N–H and O–H groups in total. The quantitative estimate of drug-likeness (QED) is 0.158.